The van der Waals surface area contributed by atoms with E-state index >= 15 is 4.39 Å². The van der Waals surface area contributed by atoms with E-state index in [2.05, 4.69) is 13.5 Å². The van der Waals surface area contributed by atoms with Gasteiger partial charge in [0.05, 0.1) is 6.10 Å². The van der Waals surface area contributed by atoms with Crippen LogP contribution >= 0.6 is 0 Å². The topological polar surface area (TPSA) is 40.5 Å². The van der Waals surface area contributed by atoms with Crippen LogP contribution in [0, 0.1) is 17.3 Å². The molecule has 2 fully saturated rings. The summed E-state index contributed by atoms with van der Waals surface area (Å²) in [6, 6.07) is 3.80. The fourth-order valence-electron chi connectivity index (χ4n) is 6.01. The van der Waals surface area contributed by atoms with E-state index in [-0.39, 0.29) is 23.2 Å². The van der Waals surface area contributed by atoms with Crippen molar-refractivity contribution in [3.63, 3.8) is 0 Å². The molecule has 2 nitrogen and oxygen atoms in total. The number of rotatable bonds is 1. The molecule has 0 unspecified atom stereocenters. The number of aryl methyl sites for hydroxylation is 1. The minimum absolute atomic E-state index is 0.0639. The molecule has 1 aromatic rings. The average Bonchev–Trinajstić information content (AvgIpc) is 2.79. The van der Waals surface area contributed by atoms with Crippen molar-refractivity contribution in [2.45, 2.75) is 64.1 Å². The van der Waals surface area contributed by atoms with E-state index in [1.54, 1.807) is 0 Å². The molecule has 0 aliphatic heterocycles. The van der Waals surface area contributed by atoms with Gasteiger partial charge in [0, 0.05) is 11.5 Å². The number of benzene rings is 1. The molecule has 2 N–H and O–H groups in total. The number of phenolic OH excluding ortho intramolecular Hbond substituents is 1. The number of fused-ring (bicyclic) bond motifs is 5. The zero-order valence-corrected chi connectivity index (χ0v) is 14.6. The van der Waals surface area contributed by atoms with Gasteiger partial charge in [-0.15, -0.1) is 0 Å². The predicted octanol–water partition coefficient (Wildman–Crippen LogP) is 4.59. The second-order valence-corrected chi connectivity index (χ2v) is 8.65. The Bertz CT molecular complexity index is 697. The molecule has 6 atom stereocenters. The lowest BCUT2D eigenvalue weighted by Gasteiger charge is -2.50. The fraction of sp³-hybridized carbons (Fsp3) is 0.619. The largest absolute Gasteiger partial charge is 0.507 e. The Morgan fingerprint density at radius 3 is 2.79 bits per heavy atom. The molecule has 130 valence electrons. The summed E-state index contributed by atoms with van der Waals surface area (Å²) in [6.07, 6.45) is 2.78. The number of aromatic hydroxyl groups is 1. The summed E-state index contributed by atoms with van der Waals surface area (Å²) in [5, 5.41) is 20.4. The van der Waals surface area contributed by atoms with Gasteiger partial charge in [0.2, 0.25) is 0 Å². The van der Waals surface area contributed by atoms with Crippen LogP contribution in [0.2, 0.25) is 0 Å². The van der Waals surface area contributed by atoms with Crippen LogP contribution in [0.25, 0.3) is 5.57 Å². The maximum Gasteiger partial charge on any atom is 0.123 e. The molecule has 3 aliphatic carbocycles. The number of halogens is 1. The third kappa shape index (κ3) is 2.24. The number of phenols is 1. The number of aliphatic hydroxyl groups is 1. The minimum Gasteiger partial charge on any atom is -0.507 e. The number of alkyl halides is 1. The first kappa shape index (κ1) is 16.1. The van der Waals surface area contributed by atoms with Gasteiger partial charge in [-0.3, -0.25) is 0 Å². The summed E-state index contributed by atoms with van der Waals surface area (Å²) in [7, 11) is 0. The lowest BCUT2D eigenvalue weighted by molar-refractivity contribution is 0.00124. The van der Waals surface area contributed by atoms with E-state index in [1.807, 2.05) is 19.1 Å². The van der Waals surface area contributed by atoms with E-state index in [9.17, 15) is 10.2 Å². The van der Waals surface area contributed by atoms with Crippen LogP contribution in [-0.4, -0.2) is 22.5 Å². The molecule has 0 bridgehead atoms. The van der Waals surface area contributed by atoms with Gasteiger partial charge in [0.1, 0.15) is 11.9 Å². The van der Waals surface area contributed by atoms with Gasteiger partial charge < -0.3 is 10.2 Å². The molecule has 0 saturated heterocycles. The molecule has 4 rings (SSSR count). The molecular formula is C21H27FO2. The van der Waals surface area contributed by atoms with Crippen molar-refractivity contribution in [2.75, 3.05) is 0 Å². The fourth-order valence-corrected chi connectivity index (χ4v) is 6.01. The van der Waals surface area contributed by atoms with Crippen LogP contribution in [0.5, 0.6) is 5.75 Å². The maximum absolute atomic E-state index is 15.3. The van der Waals surface area contributed by atoms with Crippen LogP contribution in [0.4, 0.5) is 4.39 Å². The number of hydrogen-bond acceptors (Lipinski definition) is 2. The SMILES string of the molecule is C=C(C)c1cc2c(cc1O)CC[C@@H]1[C@@H]2[C@@H](F)C[C@]2(C)C[C@H](O)C[C@@H]12. The number of aliphatic hydroxyl groups excluding tert-OH is 1. The molecule has 2 saturated carbocycles. The van der Waals surface area contributed by atoms with Crippen molar-refractivity contribution in [1.82, 2.24) is 0 Å². The van der Waals surface area contributed by atoms with Gasteiger partial charge in [-0.05, 0) is 85.1 Å². The Hall–Kier alpha value is -1.35. The van der Waals surface area contributed by atoms with E-state index in [1.165, 1.54) is 0 Å². The Morgan fingerprint density at radius 2 is 2.08 bits per heavy atom. The summed E-state index contributed by atoms with van der Waals surface area (Å²) in [5.41, 5.74) is 3.64. The van der Waals surface area contributed by atoms with Gasteiger partial charge in [0.25, 0.3) is 0 Å². The smallest absolute Gasteiger partial charge is 0.123 e. The lowest BCUT2D eigenvalue weighted by Crippen LogP contribution is -2.45. The molecule has 24 heavy (non-hydrogen) atoms. The molecule has 1 aromatic carbocycles. The van der Waals surface area contributed by atoms with Crippen LogP contribution in [0.1, 0.15) is 62.1 Å². The zero-order chi connectivity index (χ0) is 17.2. The van der Waals surface area contributed by atoms with Crippen LogP contribution in [-0.2, 0) is 6.42 Å². The molecule has 0 radical (unpaired) electrons. The number of allylic oxidation sites excluding steroid dienone is 1. The predicted molar refractivity (Wildman–Crippen MR) is 93.7 cm³/mol. The normalized spacial score (nSPS) is 40.6. The molecule has 0 spiro atoms. The van der Waals surface area contributed by atoms with Gasteiger partial charge in [0.15, 0.2) is 0 Å². The summed E-state index contributed by atoms with van der Waals surface area (Å²) >= 11 is 0. The third-order valence-corrected chi connectivity index (χ3v) is 6.98. The van der Waals surface area contributed by atoms with Gasteiger partial charge in [-0.25, -0.2) is 4.39 Å². The van der Waals surface area contributed by atoms with E-state index < -0.39 is 6.17 Å². The van der Waals surface area contributed by atoms with Gasteiger partial charge in [-0.2, -0.15) is 0 Å². The summed E-state index contributed by atoms with van der Waals surface area (Å²) in [5.74, 6) is 0.855. The van der Waals surface area contributed by atoms with Crippen LogP contribution in [0.3, 0.4) is 0 Å². The number of hydrogen-bond donors (Lipinski definition) is 2. The van der Waals surface area contributed by atoms with Crippen molar-refractivity contribution >= 4 is 5.57 Å². The van der Waals surface area contributed by atoms with Crippen molar-refractivity contribution in [3.8, 4) is 5.75 Å². The quantitative estimate of drug-likeness (QED) is 0.790. The highest BCUT2D eigenvalue weighted by Gasteiger charge is 2.56. The van der Waals surface area contributed by atoms with Crippen LogP contribution < -0.4 is 0 Å². The lowest BCUT2D eigenvalue weighted by atomic mass is 9.55. The Balaban J connectivity index is 1.79. The van der Waals surface area contributed by atoms with Crippen LogP contribution in [0.15, 0.2) is 18.7 Å². The molecular weight excluding hydrogens is 303 g/mol. The highest BCUT2D eigenvalue weighted by molar-refractivity contribution is 5.69. The standard InChI is InChI=1S/C21H27FO2/c1-11(2)15-8-16-12(6-19(15)24)4-5-14-17-7-13(23)9-21(17,3)10-18(22)20(14)16/h6,8,13-14,17-18,20,23-24H,1,4-5,7,9-10H2,2-3H3/t13-,14+,17+,18+,20+,21+/m1/s1. The Morgan fingerprint density at radius 1 is 1.33 bits per heavy atom. The van der Waals surface area contributed by atoms with Crippen molar-refractivity contribution < 1.29 is 14.6 Å². The van der Waals surface area contributed by atoms with Crippen molar-refractivity contribution in [2.24, 2.45) is 17.3 Å². The Labute approximate surface area is 143 Å². The monoisotopic (exact) mass is 330 g/mol. The second kappa shape index (κ2) is 5.32. The highest BCUT2D eigenvalue weighted by Crippen LogP contribution is 2.61. The molecule has 3 aliphatic rings. The summed E-state index contributed by atoms with van der Waals surface area (Å²) in [6.45, 7) is 7.99. The summed E-state index contributed by atoms with van der Waals surface area (Å²) in [4.78, 5) is 0. The van der Waals surface area contributed by atoms with E-state index in [4.69, 9.17) is 0 Å². The van der Waals surface area contributed by atoms with E-state index in [0.29, 0.717) is 18.3 Å². The minimum atomic E-state index is -0.872. The Kier molecular flexibility index (Phi) is 3.58. The molecule has 3 heteroatoms. The zero-order valence-electron chi connectivity index (χ0n) is 14.6. The third-order valence-electron chi connectivity index (χ3n) is 6.98. The molecule has 0 heterocycles. The first-order chi connectivity index (χ1) is 11.3. The molecule has 0 aromatic heterocycles. The van der Waals surface area contributed by atoms with Crippen molar-refractivity contribution in [1.29, 1.82) is 0 Å². The maximum atomic E-state index is 15.3. The van der Waals surface area contributed by atoms with Crippen molar-refractivity contribution in [3.05, 3.63) is 35.4 Å². The average molecular weight is 330 g/mol. The van der Waals surface area contributed by atoms with Gasteiger partial charge in [-0.1, -0.05) is 13.5 Å². The highest BCUT2D eigenvalue weighted by atomic mass is 19.1. The summed E-state index contributed by atoms with van der Waals surface area (Å²) < 4.78 is 15.3. The second-order valence-electron chi connectivity index (χ2n) is 8.65. The van der Waals surface area contributed by atoms with E-state index in [0.717, 1.165) is 47.9 Å². The van der Waals surface area contributed by atoms with Gasteiger partial charge >= 0.3 is 0 Å². The first-order valence-electron chi connectivity index (χ1n) is 9.14. The molecule has 0 amide bonds. The first-order valence-corrected chi connectivity index (χ1v) is 9.14.